The molecule has 2 nitrogen and oxygen atoms in total. The molecule has 152 valence electrons. The highest BCUT2D eigenvalue weighted by atomic mass is 14.7. The third-order valence-corrected chi connectivity index (χ3v) is 6.39. The van der Waals surface area contributed by atoms with Gasteiger partial charge in [-0.1, -0.05) is 109 Å². The Bertz CT molecular complexity index is 1620. The Morgan fingerprint density at radius 2 is 0.750 bits per heavy atom. The molecule has 0 aliphatic carbocycles. The van der Waals surface area contributed by atoms with Crippen LogP contribution in [0.4, 0.5) is 11.4 Å². The number of anilines is 2. The largest absolute Gasteiger partial charge is 0.397 e. The van der Waals surface area contributed by atoms with Crippen molar-refractivity contribution in [1.82, 2.24) is 0 Å². The second-order valence-corrected chi connectivity index (χ2v) is 8.15. The van der Waals surface area contributed by atoms with E-state index in [0.29, 0.717) is 11.4 Å². The smallest absolute Gasteiger partial charge is 0.0640 e. The molecule has 6 aromatic carbocycles. The highest BCUT2D eigenvalue weighted by Crippen LogP contribution is 2.50. The molecule has 0 heterocycles. The fourth-order valence-corrected chi connectivity index (χ4v) is 5.01. The lowest BCUT2D eigenvalue weighted by Gasteiger charge is -2.22. The zero-order valence-corrected chi connectivity index (χ0v) is 17.5. The van der Waals surface area contributed by atoms with Crippen LogP contribution in [0.1, 0.15) is 0 Å². The fraction of sp³-hybridized carbons (Fsp3) is 0. The van der Waals surface area contributed by atoms with Gasteiger partial charge in [0.25, 0.3) is 0 Å². The Morgan fingerprint density at radius 1 is 0.344 bits per heavy atom. The van der Waals surface area contributed by atoms with Crippen LogP contribution in [0.5, 0.6) is 0 Å². The average molecular weight is 411 g/mol. The molecule has 0 saturated carbocycles. The van der Waals surface area contributed by atoms with Gasteiger partial charge in [0.1, 0.15) is 0 Å². The van der Waals surface area contributed by atoms with Gasteiger partial charge >= 0.3 is 0 Å². The summed E-state index contributed by atoms with van der Waals surface area (Å²) < 4.78 is 0. The SMILES string of the molecule is Nc1c(-c2ccccc2)c(-c2ccccc2)c2c3ccccc3c3ccccc3c2c1N. The van der Waals surface area contributed by atoms with Crippen LogP contribution in [0.25, 0.3) is 54.6 Å². The minimum Gasteiger partial charge on any atom is -0.397 e. The van der Waals surface area contributed by atoms with E-state index in [4.69, 9.17) is 11.5 Å². The summed E-state index contributed by atoms with van der Waals surface area (Å²) in [6, 6.07) is 37.9. The molecule has 0 bridgehead atoms. The standard InChI is InChI=1S/C30H22N2/c31-29-26(20-13-5-2-6-14-20)25(19-11-3-1-4-12-19)27-23-17-9-7-15-21(23)22-16-8-10-18-24(22)28(27)30(29)32/h1-18H,31-32H2. The van der Waals surface area contributed by atoms with E-state index in [9.17, 15) is 0 Å². The molecule has 6 aromatic rings. The molecule has 0 radical (unpaired) electrons. The van der Waals surface area contributed by atoms with E-state index in [1.54, 1.807) is 0 Å². The Labute approximate surface area is 186 Å². The number of nitrogen functional groups attached to an aromatic ring is 2. The Kier molecular flexibility index (Phi) is 4.12. The van der Waals surface area contributed by atoms with E-state index in [1.165, 1.54) is 16.2 Å². The zero-order chi connectivity index (χ0) is 21.7. The van der Waals surface area contributed by atoms with Crippen molar-refractivity contribution in [2.45, 2.75) is 0 Å². The van der Waals surface area contributed by atoms with Crippen LogP contribution in [-0.4, -0.2) is 0 Å². The van der Waals surface area contributed by atoms with E-state index < -0.39 is 0 Å². The molecule has 0 amide bonds. The van der Waals surface area contributed by atoms with Crippen molar-refractivity contribution in [3.05, 3.63) is 109 Å². The maximum absolute atomic E-state index is 6.84. The molecule has 0 unspecified atom stereocenters. The number of hydrogen-bond acceptors (Lipinski definition) is 2. The lowest BCUT2D eigenvalue weighted by molar-refractivity contribution is 1.61. The summed E-state index contributed by atoms with van der Waals surface area (Å²) in [6.07, 6.45) is 0. The number of fused-ring (bicyclic) bond motifs is 6. The Morgan fingerprint density at radius 3 is 1.28 bits per heavy atom. The first-order valence-corrected chi connectivity index (χ1v) is 10.8. The molecule has 0 aliphatic heterocycles. The highest BCUT2D eigenvalue weighted by Gasteiger charge is 2.22. The van der Waals surface area contributed by atoms with Crippen molar-refractivity contribution < 1.29 is 0 Å². The summed E-state index contributed by atoms with van der Waals surface area (Å²) >= 11 is 0. The van der Waals surface area contributed by atoms with E-state index in [0.717, 1.165) is 38.4 Å². The molecule has 0 spiro atoms. The lowest BCUT2D eigenvalue weighted by Crippen LogP contribution is -2.02. The van der Waals surface area contributed by atoms with Crippen LogP contribution in [0, 0.1) is 0 Å². The predicted molar refractivity (Wildman–Crippen MR) is 139 cm³/mol. The lowest BCUT2D eigenvalue weighted by atomic mass is 9.83. The van der Waals surface area contributed by atoms with Crippen molar-refractivity contribution in [3.8, 4) is 22.3 Å². The van der Waals surface area contributed by atoms with Crippen LogP contribution in [0.2, 0.25) is 0 Å². The topological polar surface area (TPSA) is 52.0 Å². The molecule has 2 heteroatoms. The third-order valence-electron chi connectivity index (χ3n) is 6.39. The summed E-state index contributed by atoms with van der Waals surface area (Å²) in [5.74, 6) is 0. The first kappa shape index (κ1) is 18.5. The minimum atomic E-state index is 0.628. The number of benzene rings is 6. The van der Waals surface area contributed by atoms with Crippen molar-refractivity contribution in [2.75, 3.05) is 11.5 Å². The fourth-order valence-electron chi connectivity index (χ4n) is 5.01. The number of rotatable bonds is 2. The van der Waals surface area contributed by atoms with Gasteiger partial charge in [-0.05, 0) is 32.7 Å². The summed E-state index contributed by atoms with van der Waals surface area (Å²) in [5.41, 5.74) is 19.2. The zero-order valence-electron chi connectivity index (χ0n) is 17.5. The number of nitrogens with two attached hydrogens (primary N) is 2. The van der Waals surface area contributed by atoms with Crippen LogP contribution < -0.4 is 11.5 Å². The normalized spacial score (nSPS) is 11.4. The summed E-state index contributed by atoms with van der Waals surface area (Å²) in [5, 5.41) is 6.89. The van der Waals surface area contributed by atoms with Crippen molar-refractivity contribution in [1.29, 1.82) is 0 Å². The molecule has 0 atom stereocenters. The maximum Gasteiger partial charge on any atom is 0.0640 e. The van der Waals surface area contributed by atoms with E-state index >= 15 is 0 Å². The van der Waals surface area contributed by atoms with Gasteiger partial charge < -0.3 is 11.5 Å². The second kappa shape index (κ2) is 7.14. The van der Waals surface area contributed by atoms with Gasteiger partial charge in [-0.15, -0.1) is 0 Å². The van der Waals surface area contributed by atoms with Crippen LogP contribution in [-0.2, 0) is 0 Å². The van der Waals surface area contributed by atoms with Gasteiger partial charge in [0, 0.05) is 21.9 Å². The van der Waals surface area contributed by atoms with Gasteiger partial charge in [0.05, 0.1) is 11.4 Å². The van der Waals surface area contributed by atoms with Crippen LogP contribution >= 0.6 is 0 Å². The molecule has 0 aliphatic rings. The van der Waals surface area contributed by atoms with E-state index in [-0.39, 0.29) is 0 Å². The van der Waals surface area contributed by atoms with Gasteiger partial charge in [0.15, 0.2) is 0 Å². The van der Waals surface area contributed by atoms with Gasteiger partial charge in [-0.25, -0.2) is 0 Å². The third kappa shape index (κ3) is 2.60. The van der Waals surface area contributed by atoms with E-state index in [2.05, 4.69) is 84.9 Å². The minimum absolute atomic E-state index is 0.628. The quantitative estimate of drug-likeness (QED) is 0.227. The van der Waals surface area contributed by atoms with Crippen LogP contribution in [0.3, 0.4) is 0 Å². The Hall–Kier alpha value is -4.30. The summed E-state index contributed by atoms with van der Waals surface area (Å²) in [6.45, 7) is 0. The Balaban J connectivity index is 1.98. The summed E-state index contributed by atoms with van der Waals surface area (Å²) in [7, 11) is 0. The van der Waals surface area contributed by atoms with Crippen molar-refractivity contribution >= 4 is 43.7 Å². The molecule has 0 fully saturated rings. The van der Waals surface area contributed by atoms with Crippen molar-refractivity contribution in [2.24, 2.45) is 0 Å². The molecule has 6 rings (SSSR count). The summed E-state index contributed by atoms with van der Waals surface area (Å²) in [4.78, 5) is 0. The molecule has 0 aromatic heterocycles. The average Bonchev–Trinajstić information content (AvgIpc) is 2.86. The van der Waals surface area contributed by atoms with Crippen LogP contribution in [0.15, 0.2) is 109 Å². The number of hydrogen-bond donors (Lipinski definition) is 2. The molecule has 4 N–H and O–H groups in total. The van der Waals surface area contributed by atoms with Crippen molar-refractivity contribution in [3.63, 3.8) is 0 Å². The predicted octanol–water partition coefficient (Wildman–Crippen LogP) is 7.64. The van der Waals surface area contributed by atoms with E-state index in [1.807, 2.05) is 24.3 Å². The molecule has 32 heavy (non-hydrogen) atoms. The monoisotopic (exact) mass is 410 g/mol. The van der Waals surface area contributed by atoms with Gasteiger partial charge in [0.2, 0.25) is 0 Å². The highest BCUT2D eigenvalue weighted by molar-refractivity contribution is 6.34. The van der Waals surface area contributed by atoms with Gasteiger partial charge in [-0.2, -0.15) is 0 Å². The van der Waals surface area contributed by atoms with Gasteiger partial charge in [-0.3, -0.25) is 0 Å². The molecule has 0 saturated heterocycles. The maximum atomic E-state index is 6.84. The first-order valence-electron chi connectivity index (χ1n) is 10.8. The second-order valence-electron chi connectivity index (χ2n) is 8.15. The molecular weight excluding hydrogens is 388 g/mol. The first-order chi connectivity index (χ1) is 15.8. The molecular formula is C30H22N2.